The fourth-order valence-electron chi connectivity index (χ4n) is 4.29. The number of benzene rings is 1. The first-order valence-corrected chi connectivity index (χ1v) is 8.15. The molecule has 1 aromatic heterocycles. The lowest BCUT2D eigenvalue weighted by Crippen LogP contribution is -2.36. The van der Waals surface area contributed by atoms with Gasteiger partial charge in [-0.1, -0.05) is 25.1 Å². The van der Waals surface area contributed by atoms with Gasteiger partial charge >= 0.3 is 0 Å². The minimum absolute atomic E-state index is 0.0608. The SMILES string of the molecule is C[C@]1(CO)CCCN2CCc3c([nH]c4ccccc34)[C@H]2C1. The van der Waals surface area contributed by atoms with Crippen molar-refractivity contribution >= 4 is 10.9 Å². The number of hydrogen-bond acceptors (Lipinski definition) is 2. The van der Waals surface area contributed by atoms with E-state index >= 15 is 0 Å². The summed E-state index contributed by atoms with van der Waals surface area (Å²) in [5.74, 6) is 0. The highest BCUT2D eigenvalue weighted by atomic mass is 16.3. The second kappa shape index (κ2) is 4.85. The normalized spacial score (nSPS) is 29.9. The lowest BCUT2D eigenvalue weighted by Gasteiger charge is -2.37. The molecule has 3 heterocycles. The minimum Gasteiger partial charge on any atom is -0.396 e. The molecule has 3 heteroatoms. The van der Waals surface area contributed by atoms with E-state index in [0.29, 0.717) is 12.6 Å². The Kier molecular flexibility index (Phi) is 3.09. The van der Waals surface area contributed by atoms with E-state index in [1.165, 1.54) is 28.6 Å². The number of fused-ring (bicyclic) bond motifs is 5. The summed E-state index contributed by atoms with van der Waals surface area (Å²) in [6, 6.07) is 9.10. The van der Waals surface area contributed by atoms with Gasteiger partial charge < -0.3 is 10.1 Å². The number of aliphatic hydroxyl groups excluding tert-OH is 1. The Balaban J connectivity index is 1.81. The molecular weight excluding hydrogens is 260 g/mol. The molecule has 21 heavy (non-hydrogen) atoms. The molecule has 4 rings (SSSR count). The lowest BCUT2D eigenvalue weighted by molar-refractivity contribution is 0.0968. The van der Waals surface area contributed by atoms with Crippen molar-refractivity contribution in [1.29, 1.82) is 0 Å². The van der Waals surface area contributed by atoms with Gasteiger partial charge in [-0.25, -0.2) is 0 Å². The van der Waals surface area contributed by atoms with Gasteiger partial charge in [0.15, 0.2) is 0 Å². The van der Waals surface area contributed by atoms with Crippen LogP contribution in [-0.2, 0) is 6.42 Å². The zero-order chi connectivity index (χ0) is 14.4. The Morgan fingerprint density at radius 1 is 1.33 bits per heavy atom. The molecule has 0 spiro atoms. The van der Waals surface area contributed by atoms with E-state index in [1.807, 2.05) is 0 Å². The topological polar surface area (TPSA) is 39.3 Å². The van der Waals surface area contributed by atoms with Crippen molar-refractivity contribution in [3.8, 4) is 0 Å². The van der Waals surface area contributed by atoms with Crippen molar-refractivity contribution in [2.24, 2.45) is 5.41 Å². The molecule has 0 saturated carbocycles. The highest BCUT2D eigenvalue weighted by Crippen LogP contribution is 2.44. The molecule has 3 nitrogen and oxygen atoms in total. The average molecular weight is 284 g/mol. The van der Waals surface area contributed by atoms with Gasteiger partial charge in [0.1, 0.15) is 0 Å². The summed E-state index contributed by atoms with van der Waals surface area (Å²) < 4.78 is 0. The Bertz CT molecular complexity index is 662. The summed E-state index contributed by atoms with van der Waals surface area (Å²) in [5.41, 5.74) is 4.24. The maximum absolute atomic E-state index is 9.82. The molecule has 0 aliphatic carbocycles. The number of nitrogens with zero attached hydrogens (tertiary/aromatic N) is 1. The van der Waals surface area contributed by atoms with E-state index in [-0.39, 0.29) is 5.41 Å². The Morgan fingerprint density at radius 3 is 3.05 bits per heavy atom. The molecule has 0 radical (unpaired) electrons. The minimum atomic E-state index is 0.0608. The fraction of sp³-hybridized carbons (Fsp3) is 0.556. The zero-order valence-electron chi connectivity index (χ0n) is 12.7. The molecule has 1 saturated heterocycles. The van der Waals surface area contributed by atoms with Crippen molar-refractivity contribution in [3.05, 3.63) is 35.5 Å². The summed E-state index contributed by atoms with van der Waals surface area (Å²) in [5, 5.41) is 11.2. The largest absolute Gasteiger partial charge is 0.396 e. The highest BCUT2D eigenvalue weighted by molar-refractivity contribution is 5.85. The van der Waals surface area contributed by atoms with Crippen LogP contribution in [0.15, 0.2) is 24.3 Å². The fourth-order valence-corrected chi connectivity index (χ4v) is 4.29. The van der Waals surface area contributed by atoms with Crippen molar-refractivity contribution in [1.82, 2.24) is 9.88 Å². The van der Waals surface area contributed by atoms with E-state index in [1.54, 1.807) is 0 Å². The van der Waals surface area contributed by atoms with Crippen LogP contribution in [0, 0.1) is 5.41 Å². The molecule has 0 unspecified atom stereocenters. The van der Waals surface area contributed by atoms with E-state index in [4.69, 9.17) is 0 Å². The standard InChI is InChI=1S/C18H24N2O/c1-18(12-21)8-4-9-20-10-7-14-13-5-2-3-6-15(13)19-17(14)16(20)11-18/h2-3,5-6,16,19,21H,4,7-12H2,1H3/t16-,18+/m1/s1. The van der Waals surface area contributed by atoms with Gasteiger partial charge in [-0.2, -0.15) is 0 Å². The van der Waals surface area contributed by atoms with Gasteiger partial charge in [-0.05, 0) is 49.3 Å². The van der Waals surface area contributed by atoms with Crippen LogP contribution in [0.25, 0.3) is 10.9 Å². The van der Waals surface area contributed by atoms with Crippen molar-refractivity contribution in [2.45, 2.75) is 38.6 Å². The molecule has 0 amide bonds. The summed E-state index contributed by atoms with van der Waals surface area (Å²) in [7, 11) is 0. The maximum atomic E-state index is 9.82. The van der Waals surface area contributed by atoms with Gasteiger partial charge in [0, 0.05) is 29.7 Å². The van der Waals surface area contributed by atoms with Crippen LogP contribution in [0.4, 0.5) is 0 Å². The quantitative estimate of drug-likeness (QED) is 0.844. The van der Waals surface area contributed by atoms with Crippen LogP contribution in [-0.4, -0.2) is 34.7 Å². The van der Waals surface area contributed by atoms with Crippen LogP contribution in [0.3, 0.4) is 0 Å². The first-order chi connectivity index (χ1) is 10.2. The van der Waals surface area contributed by atoms with Crippen LogP contribution < -0.4 is 0 Å². The maximum Gasteiger partial charge on any atom is 0.0507 e. The third-order valence-electron chi connectivity index (χ3n) is 5.56. The highest BCUT2D eigenvalue weighted by Gasteiger charge is 2.38. The van der Waals surface area contributed by atoms with E-state index in [2.05, 4.69) is 41.1 Å². The third kappa shape index (κ3) is 2.11. The summed E-state index contributed by atoms with van der Waals surface area (Å²) in [6.07, 6.45) is 4.53. The number of aromatic amines is 1. The number of aromatic nitrogens is 1. The van der Waals surface area contributed by atoms with Crippen LogP contribution in [0.1, 0.15) is 43.5 Å². The van der Waals surface area contributed by atoms with Crippen LogP contribution >= 0.6 is 0 Å². The first-order valence-electron chi connectivity index (χ1n) is 8.15. The second-order valence-electron chi connectivity index (χ2n) is 7.14. The van der Waals surface area contributed by atoms with Gasteiger partial charge in [0.25, 0.3) is 0 Å². The number of hydrogen-bond donors (Lipinski definition) is 2. The number of aliphatic hydroxyl groups is 1. The van der Waals surface area contributed by atoms with Crippen molar-refractivity contribution < 1.29 is 5.11 Å². The Labute approximate surface area is 126 Å². The number of rotatable bonds is 1. The number of H-pyrrole nitrogens is 1. The molecule has 2 N–H and O–H groups in total. The zero-order valence-corrected chi connectivity index (χ0v) is 12.7. The van der Waals surface area contributed by atoms with Crippen molar-refractivity contribution in [2.75, 3.05) is 19.7 Å². The summed E-state index contributed by atoms with van der Waals surface area (Å²) in [4.78, 5) is 6.31. The predicted octanol–water partition coefficient (Wildman–Crippen LogP) is 3.25. The smallest absolute Gasteiger partial charge is 0.0507 e. The van der Waals surface area contributed by atoms with Gasteiger partial charge in [-0.3, -0.25) is 4.90 Å². The first kappa shape index (κ1) is 13.4. The molecule has 2 aromatic rings. The molecular formula is C18H24N2O. The predicted molar refractivity (Wildman–Crippen MR) is 85.4 cm³/mol. The second-order valence-corrected chi connectivity index (χ2v) is 7.14. The van der Waals surface area contributed by atoms with Gasteiger partial charge in [0.2, 0.25) is 0 Å². The number of para-hydroxylation sites is 1. The van der Waals surface area contributed by atoms with Crippen LogP contribution in [0.2, 0.25) is 0 Å². The molecule has 112 valence electrons. The molecule has 2 aliphatic rings. The van der Waals surface area contributed by atoms with Crippen molar-refractivity contribution in [3.63, 3.8) is 0 Å². The molecule has 2 aliphatic heterocycles. The summed E-state index contributed by atoms with van der Waals surface area (Å²) >= 11 is 0. The Morgan fingerprint density at radius 2 is 2.19 bits per heavy atom. The van der Waals surface area contributed by atoms with E-state index < -0.39 is 0 Å². The van der Waals surface area contributed by atoms with Gasteiger partial charge in [0.05, 0.1) is 6.04 Å². The lowest BCUT2D eigenvalue weighted by atomic mass is 9.79. The monoisotopic (exact) mass is 284 g/mol. The molecule has 0 bridgehead atoms. The molecule has 1 fully saturated rings. The third-order valence-corrected chi connectivity index (χ3v) is 5.56. The van der Waals surface area contributed by atoms with E-state index in [9.17, 15) is 5.11 Å². The average Bonchev–Trinajstić information content (AvgIpc) is 2.79. The molecule has 1 aromatic carbocycles. The number of nitrogens with one attached hydrogen (secondary N) is 1. The Hall–Kier alpha value is -1.32. The molecule has 2 atom stereocenters. The summed E-state index contributed by atoms with van der Waals surface area (Å²) in [6.45, 7) is 4.86. The van der Waals surface area contributed by atoms with Gasteiger partial charge in [-0.15, -0.1) is 0 Å². The van der Waals surface area contributed by atoms with Crippen LogP contribution in [0.5, 0.6) is 0 Å². The van der Waals surface area contributed by atoms with E-state index in [0.717, 1.165) is 32.4 Å².